The number of aliphatic hydroxyl groups is 2. The van der Waals surface area contributed by atoms with E-state index in [0.717, 1.165) is 18.1 Å². The van der Waals surface area contributed by atoms with Crippen LogP contribution < -0.4 is 0 Å². The predicted molar refractivity (Wildman–Crippen MR) is 126 cm³/mol. The van der Waals surface area contributed by atoms with Gasteiger partial charge in [-0.25, -0.2) is 4.79 Å². The van der Waals surface area contributed by atoms with E-state index in [9.17, 15) is 24.6 Å². The smallest absolute Gasteiger partial charge is 0.343 e. The van der Waals surface area contributed by atoms with E-state index < -0.39 is 35.0 Å². The molecule has 3 aliphatic rings. The molecular weight excluding hydrogens is 436 g/mol. The van der Waals surface area contributed by atoms with Crippen LogP contribution in [0.5, 0.6) is 0 Å². The number of ketones is 2. The van der Waals surface area contributed by atoms with E-state index in [-0.39, 0.29) is 17.6 Å². The van der Waals surface area contributed by atoms with Crippen molar-refractivity contribution in [2.45, 2.75) is 59.2 Å². The lowest BCUT2D eigenvalue weighted by molar-refractivity contribution is -0.152. The number of hydrogen-bond acceptors (Lipinski definition) is 7. The molecule has 0 amide bonds. The molecule has 0 spiro atoms. The highest BCUT2D eigenvalue weighted by Gasteiger charge is 2.54. The number of esters is 1. The molecule has 0 radical (unpaired) electrons. The predicted octanol–water partition coefficient (Wildman–Crippen LogP) is 4.24. The van der Waals surface area contributed by atoms with Crippen LogP contribution in [0, 0.1) is 5.92 Å². The minimum absolute atomic E-state index is 0.144. The molecule has 3 atom stereocenters. The van der Waals surface area contributed by atoms with Gasteiger partial charge in [0.05, 0.1) is 12.4 Å². The van der Waals surface area contributed by atoms with Gasteiger partial charge in [-0.15, -0.1) is 0 Å². The van der Waals surface area contributed by atoms with Crippen molar-refractivity contribution in [3.8, 4) is 0 Å². The number of fused-ring (bicyclic) bond motifs is 3. The number of aliphatic hydroxyl groups excluding tert-OH is 2. The lowest BCUT2D eigenvalue weighted by Gasteiger charge is -2.31. The average molecular weight is 467 g/mol. The Hall–Kier alpha value is -3.45. The summed E-state index contributed by atoms with van der Waals surface area (Å²) in [4.78, 5) is 38.0. The van der Waals surface area contributed by atoms with E-state index in [1.54, 1.807) is 19.1 Å². The number of ether oxygens (including phenoxy) is 2. The Balaban J connectivity index is 1.98. The highest BCUT2D eigenvalue weighted by Crippen LogP contribution is 2.47. The third-order valence-corrected chi connectivity index (χ3v) is 5.94. The fourth-order valence-corrected chi connectivity index (χ4v) is 4.00. The van der Waals surface area contributed by atoms with Crippen LogP contribution in [0.4, 0.5) is 0 Å². The fraction of sp³-hybridized carbons (Fsp3) is 0.370. The second kappa shape index (κ2) is 9.81. The van der Waals surface area contributed by atoms with Crippen molar-refractivity contribution in [3.63, 3.8) is 0 Å². The number of allylic oxidation sites excluding steroid dienone is 7. The zero-order valence-corrected chi connectivity index (χ0v) is 20.0. The summed E-state index contributed by atoms with van der Waals surface area (Å²) >= 11 is 0. The SMILES string of the molecule is CCC(C)C=C(C)C=CC(=O)C=C(O)C1=C2C3=COC(CC(C)O)=CC3=CC(=O)C2(C)OC1=O. The summed E-state index contributed by atoms with van der Waals surface area (Å²) in [6, 6.07) is 0. The molecule has 7 nitrogen and oxygen atoms in total. The van der Waals surface area contributed by atoms with Crippen LogP contribution in [-0.2, 0) is 23.9 Å². The second-order valence-electron chi connectivity index (χ2n) is 9.01. The Bertz CT molecular complexity index is 1140. The molecule has 0 aromatic carbocycles. The molecule has 3 rings (SSSR count). The van der Waals surface area contributed by atoms with Gasteiger partial charge in [0.15, 0.2) is 11.4 Å². The Morgan fingerprint density at radius 3 is 2.56 bits per heavy atom. The standard InChI is InChI=1S/C27H30O7/c1-6-15(2)9-16(3)7-8-19(29)13-22(30)24-25-21-14-33-20(10-17(4)28)11-18(21)12-23(31)27(25,5)34-26(24)32/h7-9,11-15,17,28,30H,6,10H2,1-5H3. The zero-order chi connectivity index (χ0) is 25.2. The monoisotopic (exact) mass is 466 g/mol. The highest BCUT2D eigenvalue weighted by atomic mass is 16.6. The molecular formula is C27H30O7. The normalized spacial score (nSPS) is 24.6. The lowest BCUT2D eigenvalue weighted by atomic mass is 9.76. The molecule has 2 heterocycles. The zero-order valence-electron chi connectivity index (χ0n) is 20.0. The van der Waals surface area contributed by atoms with E-state index in [0.29, 0.717) is 22.8 Å². The van der Waals surface area contributed by atoms with Crippen molar-refractivity contribution in [3.05, 3.63) is 82.1 Å². The summed E-state index contributed by atoms with van der Waals surface area (Å²) in [7, 11) is 0. The molecule has 0 saturated heterocycles. The fourth-order valence-electron chi connectivity index (χ4n) is 4.00. The van der Waals surface area contributed by atoms with Crippen molar-refractivity contribution in [2.24, 2.45) is 5.92 Å². The number of carbonyl (C=O) groups is 3. The summed E-state index contributed by atoms with van der Waals surface area (Å²) in [6.45, 7) is 9.07. The van der Waals surface area contributed by atoms with Gasteiger partial charge in [0.1, 0.15) is 17.1 Å². The van der Waals surface area contributed by atoms with Crippen LogP contribution >= 0.6 is 0 Å². The summed E-state index contributed by atoms with van der Waals surface area (Å²) in [5.74, 6) is -1.66. The van der Waals surface area contributed by atoms with E-state index in [2.05, 4.69) is 13.8 Å². The number of hydrogen-bond donors (Lipinski definition) is 2. The third kappa shape index (κ3) is 5.04. The van der Waals surface area contributed by atoms with Gasteiger partial charge in [-0.2, -0.15) is 0 Å². The first-order chi connectivity index (χ1) is 16.0. The maximum Gasteiger partial charge on any atom is 0.343 e. The summed E-state index contributed by atoms with van der Waals surface area (Å²) in [5, 5.41) is 20.4. The molecule has 34 heavy (non-hydrogen) atoms. The van der Waals surface area contributed by atoms with Crippen molar-refractivity contribution < 1.29 is 34.1 Å². The Labute approximate surface area is 199 Å². The van der Waals surface area contributed by atoms with Gasteiger partial charge in [0, 0.05) is 23.6 Å². The van der Waals surface area contributed by atoms with Crippen LogP contribution in [0.15, 0.2) is 82.1 Å². The molecule has 0 bridgehead atoms. The minimum atomic E-state index is -1.64. The summed E-state index contributed by atoms with van der Waals surface area (Å²) < 4.78 is 11.0. The molecule has 0 saturated carbocycles. The summed E-state index contributed by atoms with van der Waals surface area (Å²) in [6.07, 6.45) is 10.8. The van der Waals surface area contributed by atoms with Gasteiger partial charge in [0.25, 0.3) is 0 Å². The van der Waals surface area contributed by atoms with Gasteiger partial charge in [-0.05, 0) is 50.5 Å². The van der Waals surface area contributed by atoms with Crippen LogP contribution in [0.2, 0.25) is 0 Å². The first kappa shape index (κ1) is 25.2. The molecule has 1 aliphatic carbocycles. The molecule has 2 aliphatic heterocycles. The molecule has 7 heteroatoms. The van der Waals surface area contributed by atoms with Crippen LogP contribution in [0.1, 0.15) is 47.5 Å². The van der Waals surface area contributed by atoms with Gasteiger partial charge in [-0.3, -0.25) is 9.59 Å². The van der Waals surface area contributed by atoms with Crippen molar-refractivity contribution in [1.82, 2.24) is 0 Å². The van der Waals surface area contributed by atoms with E-state index in [4.69, 9.17) is 9.47 Å². The van der Waals surface area contributed by atoms with E-state index >= 15 is 0 Å². The van der Waals surface area contributed by atoms with Gasteiger partial charge < -0.3 is 19.7 Å². The quantitative estimate of drug-likeness (QED) is 0.238. The van der Waals surface area contributed by atoms with Crippen molar-refractivity contribution in [1.29, 1.82) is 0 Å². The molecule has 180 valence electrons. The molecule has 0 aromatic heterocycles. The summed E-state index contributed by atoms with van der Waals surface area (Å²) in [5.41, 5.74) is 0.0230. The van der Waals surface area contributed by atoms with Crippen molar-refractivity contribution in [2.75, 3.05) is 0 Å². The number of carbonyl (C=O) groups excluding carboxylic acids is 3. The Morgan fingerprint density at radius 2 is 1.91 bits per heavy atom. The van der Waals surface area contributed by atoms with Crippen LogP contribution in [0.3, 0.4) is 0 Å². The van der Waals surface area contributed by atoms with Gasteiger partial charge in [0.2, 0.25) is 5.78 Å². The lowest BCUT2D eigenvalue weighted by Crippen LogP contribution is -2.40. The maximum absolute atomic E-state index is 12.9. The highest BCUT2D eigenvalue weighted by molar-refractivity contribution is 6.13. The topological polar surface area (TPSA) is 110 Å². The maximum atomic E-state index is 12.9. The third-order valence-electron chi connectivity index (χ3n) is 5.94. The molecule has 0 aromatic rings. The van der Waals surface area contributed by atoms with E-state index in [1.807, 2.05) is 13.0 Å². The largest absolute Gasteiger partial charge is 0.507 e. The van der Waals surface area contributed by atoms with Crippen LogP contribution in [-0.4, -0.2) is 39.5 Å². The molecule has 2 N–H and O–H groups in total. The van der Waals surface area contributed by atoms with Crippen LogP contribution in [0.25, 0.3) is 0 Å². The first-order valence-corrected chi connectivity index (χ1v) is 11.3. The van der Waals surface area contributed by atoms with Gasteiger partial charge >= 0.3 is 5.97 Å². The Morgan fingerprint density at radius 1 is 1.21 bits per heavy atom. The van der Waals surface area contributed by atoms with E-state index in [1.165, 1.54) is 25.3 Å². The molecule has 3 unspecified atom stereocenters. The first-order valence-electron chi connectivity index (χ1n) is 11.3. The van der Waals surface area contributed by atoms with Crippen molar-refractivity contribution >= 4 is 17.5 Å². The average Bonchev–Trinajstić information content (AvgIpc) is 3.03. The minimum Gasteiger partial charge on any atom is -0.507 e. The van der Waals surface area contributed by atoms with Gasteiger partial charge in [-0.1, -0.05) is 38.0 Å². The molecule has 0 fully saturated rings. The number of rotatable bonds is 8. The Kier molecular flexibility index (Phi) is 7.26. The second-order valence-corrected chi connectivity index (χ2v) is 9.01.